The first-order valence-corrected chi connectivity index (χ1v) is 9.37. The number of nitrogens with zero attached hydrogens (tertiary/aromatic N) is 4. The quantitative estimate of drug-likeness (QED) is 0.855. The molecule has 1 unspecified atom stereocenters. The lowest BCUT2D eigenvalue weighted by Gasteiger charge is -2.38. The number of fused-ring (bicyclic) bond motifs is 1. The topological polar surface area (TPSA) is 62.5 Å². The van der Waals surface area contributed by atoms with Gasteiger partial charge in [0.1, 0.15) is 0 Å². The third kappa shape index (κ3) is 3.03. The van der Waals surface area contributed by atoms with Crippen LogP contribution in [0, 0.1) is 0 Å². The maximum absolute atomic E-state index is 13.4. The summed E-state index contributed by atoms with van der Waals surface area (Å²) < 4.78 is 5.50. The van der Waals surface area contributed by atoms with Crippen LogP contribution in [0.1, 0.15) is 60.8 Å². The second kappa shape index (κ2) is 6.41. The maximum atomic E-state index is 13.4. The van der Waals surface area contributed by atoms with Crippen LogP contribution in [-0.4, -0.2) is 58.6 Å². The van der Waals surface area contributed by atoms with E-state index in [1.807, 2.05) is 11.0 Å². The third-order valence-electron chi connectivity index (χ3n) is 5.34. The van der Waals surface area contributed by atoms with Crippen molar-refractivity contribution in [1.29, 1.82) is 0 Å². The number of pyridine rings is 1. The lowest BCUT2D eigenvalue weighted by Crippen LogP contribution is -2.52. The van der Waals surface area contributed by atoms with Gasteiger partial charge in [-0.15, -0.1) is 0 Å². The Bertz CT molecular complexity index is 796. The predicted molar refractivity (Wildman–Crippen MR) is 95.8 cm³/mol. The second-order valence-corrected chi connectivity index (χ2v) is 7.54. The predicted octanol–water partition coefficient (Wildman–Crippen LogP) is 2.83. The van der Waals surface area contributed by atoms with Crippen molar-refractivity contribution in [3.63, 3.8) is 0 Å². The second-order valence-electron chi connectivity index (χ2n) is 7.54. The minimum absolute atomic E-state index is 0.0930. The first-order valence-electron chi connectivity index (χ1n) is 9.37. The molecule has 0 aromatic carbocycles. The number of piperazine rings is 1. The molecule has 1 amide bonds. The van der Waals surface area contributed by atoms with E-state index >= 15 is 0 Å². The number of rotatable bonds is 4. The molecule has 25 heavy (non-hydrogen) atoms. The Morgan fingerprint density at radius 3 is 2.84 bits per heavy atom. The molecule has 6 heteroatoms. The highest BCUT2D eigenvalue weighted by atomic mass is 16.5. The van der Waals surface area contributed by atoms with Crippen LogP contribution < -0.4 is 0 Å². The molecule has 1 saturated heterocycles. The van der Waals surface area contributed by atoms with Crippen LogP contribution in [0.15, 0.2) is 10.6 Å². The Hall–Kier alpha value is -1.95. The number of hydrogen-bond donors (Lipinski definition) is 0. The summed E-state index contributed by atoms with van der Waals surface area (Å²) in [5.41, 5.74) is 3.10. The number of aryl methyl sites for hydroxylation is 1. The Morgan fingerprint density at radius 1 is 1.36 bits per heavy atom. The van der Waals surface area contributed by atoms with E-state index in [4.69, 9.17) is 4.52 Å². The van der Waals surface area contributed by atoms with Gasteiger partial charge in [-0.05, 0) is 39.3 Å². The molecule has 4 rings (SSSR count). The smallest absolute Gasteiger partial charge is 0.259 e. The first-order chi connectivity index (χ1) is 12.1. The molecule has 1 saturated carbocycles. The summed E-state index contributed by atoms with van der Waals surface area (Å²) in [5.74, 6) is 0.566. The van der Waals surface area contributed by atoms with Crippen molar-refractivity contribution < 1.29 is 9.32 Å². The minimum Gasteiger partial charge on any atom is -0.336 e. The number of hydrogen-bond acceptors (Lipinski definition) is 5. The molecule has 2 aliphatic rings. The van der Waals surface area contributed by atoms with Crippen molar-refractivity contribution in [2.45, 2.75) is 51.5 Å². The van der Waals surface area contributed by atoms with Crippen molar-refractivity contribution in [1.82, 2.24) is 19.9 Å². The van der Waals surface area contributed by atoms with Gasteiger partial charge in [0.25, 0.3) is 11.6 Å². The Labute approximate surface area is 148 Å². The molecule has 3 heterocycles. The van der Waals surface area contributed by atoms with Gasteiger partial charge < -0.3 is 14.3 Å². The molecule has 134 valence electrons. The molecule has 0 N–H and O–H groups in total. The number of likely N-dealkylation sites (N-methyl/N-ethyl adjacent to an activating group) is 1. The van der Waals surface area contributed by atoms with Crippen LogP contribution >= 0.6 is 0 Å². The fourth-order valence-corrected chi connectivity index (χ4v) is 3.79. The highest BCUT2D eigenvalue weighted by molar-refractivity contribution is 6.06. The van der Waals surface area contributed by atoms with Crippen molar-refractivity contribution in [2.24, 2.45) is 0 Å². The summed E-state index contributed by atoms with van der Waals surface area (Å²) in [4.78, 5) is 22.3. The van der Waals surface area contributed by atoms with E-state index in [1.54, 1.807) is 0 Å². The zero-order valence-electron chi connectivity index (χ0n) is 15.3. The summed E-state index contributed by atoms with van der Waals surface area (Å²) in [6.07, 6.45) is 4.06. The summed E-state index contributed by atoms with van der Waals surface area (Å²) in [5, 5.41) is 5.03. The fourth-order valence-electron chi connectivity index (χ4n) is 3.79. The molecular formula is C19H26N4O2. The van der Waals surface area contributed by atoms with Crippen LogP contribution in [0.4, 0.5) is 0 Å². The fraction of sp³-hybridized carbons (Fsp3) is 0.632. The Balaban J connectivity index is 1.78. The van der Waals surface area contributed by atoms with Gasteiger partial charge in [0.05, 0.1) is 16.6 Å². The lowest BCUT2D eigenvalue weighted by atomic mass is 10.0. The van der Waals surface area contributed by atoms with Gasteiger partial charge >= 0.3 is 0 Å². The van der Waals surface area contributed by atoms with E-state index in [9.17, 15) is 4.79 Å². The summed E-state index contributed by atoms with van der Waals surface area (Å²) >= 11 is 0. The van der Waals surface area contributed by atoms with Crippen LogP contribution in [0.5, 0.6) is 0 Å². The molecule has 0 spiro atoms. The summed E-state index contributed by atoms with van der Waals surface area (Å²) in [6, 6.07) is 2.21. The molecule has 1 aliphatic heterocycles. The average molecular weight is 342 g/mol. The Morgan fingerprint density at radius 2 is 2.16 bits per heavy atom. The average Bonchev–Trinajstić information content (AvgIpc) is 3.36. The van der Waals surface area contributed by atoms with Crippen LogP contribution in [0.2, 0.25) is 0 Å². The first kappa shape index (κ1) is 16.5. The van der Waals surface area contributed by atoms with E-state index in [1.165, 1.54) is 0 Å². The highest BCUT2D eigenvalue weighted by Gasteiger charge is 2.32. The molecule has 1 atom stereocenters. The number of aromatic nitrogens is 2. The molecular weight excluding hydrogens is 316 g/mol. The van der Waals surface area contributed by atoms with Gasteiger partial charge in [0.2, 0.25) is 0 Å². The van der Waals surface area contributed by atoms with E-state index in [0.29, 0.717) is 11.6 Å². The van der Waals surface area contributed by atoms with E-state index < -0.39 is 0 Å². The standard InChI is InChI=1S/C19H26N4O2/c1-4-5-15-17-14(19(24)23-9-8-22(3)11-12(23)2)10-16(13-6-7-13)20-18(17)25-21-15/h10,12-13H,4-9,11H2,1-3H3. The molecule has 6 nitrogen and oxygen atoms in total. The molecule has 2 aromatic heterocycles. The van der Waals surface area contributed by atoms with E-state index in [0.717, 1.165) is 67.7 Å². The van der Waals surface area contributed by atoms with Crippen molar-refractivity contribution >= 4 is 17.0 Å². The van der Waals surface area contributed by atoms with Gasteiger partial charge in [-0.1, -0.05) is 18.5 Å². The van der Waals surface area contributed by atoms with Crippen LogP contribution in [-0.2, 0) is 6.42 Å². The maximum Gasteiger partial charge on any atom is 0.259 e. The van der Waals surface area contributed by atoms with Gasteiger partial charge in [-0.3, -0.25) is 4.79 Å². The van der Waals surface area contributed by atoms with Crippen LogP contribution in [0.3, 0.4) is 0 Å². The monoisotopic (exact) mass is 342 g/mol. The van der Waals surface area contributed by atoms with Crippen molar-refractivity contribution in [2.75, 3.05) is 26.7 Å². The minimum atomic E-state index is 0.0930. The van der Waals surface area contributed by atoms with Crippen LogP contribution in [0.25, 0.3) is 11.1 Å². The lowest BCUT2D eigenvalue weighted by molar-refractivity contribution is 0.0535. The summed E-state index contributed by atoms with van der Waals surface area (Å²) in [6.45, 7) is 6.80. The van der Waals surface area contributed by atoms with E-state index in [2.05, 4.69) is 35.9 Å². The van der Waals surface area contributed by atoms with Gasteiger partial charge in [0, 0.05) is 37.3 Å². The van der Waals surface area contributed by atoms with E-state index in [-0.39, 0.29) is 11.9 Å². The normalized spacial score (nSPS) is 21.9. The van der Waals surface area contributed by atoms with Crippen molar-refractivity contribution in [3.05, 3.63) is 23.0 Å². The third-order valence-corrected chi connectivity index (χ3v) is 5.34. The molecule has 2 aromatic rings. The zero-order valence-corrected chi connectivity index (χ0v) is 15.3. The zero-order chi connectivity index (χ0) is 17.6. The summed E-state index contributed by atoms with van der Waals surface area (Å²) in [7, 11) is 2.10. The largest absolute Gasteiger partial charge is 0.336 e. The molecule has 0 bridgehead atoms. The Kier molecular flexibility index (Phi) is 4.23. The number of carbonyl (C=O) groups is 1. The highest BCUT2D eigenvalue weighted by Crippen LogP contribution is 2.40. The van der Waals surface area contributed by atoms with Gasteiger partial charge in [-0.25, -0.2) is 4.98 Å². The molecule has 0 radical (unpaired) electrons. The number of amides is 1. The number of carbonyl (C=O) groups excluding carboxylic acids is 1. The molecule has 1 aliphatic carbocycles. The van der Waals surface area contributed by atoms with Crippen molar-refractivity contribution in [3.8, 4) is 0 Å². The SMILES string of the molecule is CCCc1noc2nc(C3CC3)cc(C(=O)N3CCN(C)CC3C)c12. The molecule has 2 fully saturated rings. The van der Waals surface area contributed by atoms with Gasteiger partial charge in [-0.2, -0.15) is 0 Å². The van der Waals surface area contributed by atoms with Gasteiger partial charge in [0.15, 0.2) is 0 Å².